The largest absolute Gasteiger partial charge is 0.480 e. The molecule has 2 rings (SSSR count). The van der Waals surface area contributed by atoms with Crippen LogP contribution in [0.25, 0.3) is 10.6 Å². The van der Waals surface area contributed by atoms with Gasteiger partial charge in [0.1, 0.15) is 11.6 Å². The lowest BCUT2D eigenvalue weighted by atomic mass is 10.3. The lowest BCUT2D eigenvalue weighted by molar-refractivity contribution is -0.143. The van der Waals surface area contributed by atoms with E-state index in [0.717, 1.165) is 10.6 Å². The summed E-state index contributed by atoms with van der Waals surface area (Å²) in [4.78, 5) is 27.9. The fourth-order valence-corrected chi connectivity index (χ4v) is 3.02. The van der Waals surface area contributed by atoms with E-state index in [-0.39, 0.29) is 18.9 Å². The summed E-state index contributed by atoms with van der Waals surface area (Å²) in [6.07, 6.45) is 0.129. The van der Waals surface area contributed by atoms with Crippen molar-refractivity contribution < 1.29 is 14.7 Å². The second kappa shape index (κ2) is 5.94. The molecule has 0 aliphatic carbocycles. The van der Waals surface area contributed by atoms with Crippen LogP contribution in [0.1, 0.15) is 5.69 Å². The number of hydrogen-bond acceptors (Lipinski definition) is 5. The van der Waals surface area contributed by atoms with Crippen molar-refractivity contribution in [3.05, 3.63) is 27.9 Å². The standard InChI is InChI=1S/C12H12N2O3S2/c1-14(5-11(16)17)10(15)4-9-7-19-12(13-9)8-2-3-18-6-8/h2-3,6-7H,4-5H2,1H3,(H,16,17). The molecule has 7 heteroatoms. The predicted octanol–water partition coefficient (Wildman–Crippen LogP) is 1.96. The second-order valence-corrected chi connectivity index (χ2v) is 5.61. The summed E-state index contributed by atoms with van der Waals surface area (Å²) in [5, 5.41) is 15.3. The van der Waals surface area contributed by atoms with Crippen LogP contribution in [0.5, 0.6) is 0 Å². The molecule has 2 heterocycles. The van der Waals surface area contributed by atoms with Gasteiger partial charge in [0.05, 0.1) is 12.1 Å². The van der Waals surface area contributed by atoms with Crippen molar-refractivity contribution >= 4 is 34.6 Å². The Bertz CT molecular complexity index is 578. The van der Waals surface area contributed by atoms with Crippen molar-refractivity contribution in [1.82, 2.24) is 9.88 Å². The average Bonchev–Trinajstić information content (AvgIpc) is 2.96. The van der Waals surface area contributed by atoms with Crippen molar-refractivity contribution in [2.75, 3.05) is 13.6 Å². The molecule has 2 aromatic heterocycles. The first-order valence-electron chi connectivity index (χ1n) is 5.49. The molecule has 0 radical (unpaired) electrons. The van der Waals surface area contributed by atoms with E-state index in [4.69, 9.17) is 5.11 Å². The monoisotopic (exact) mass is 296 g/mol. The van der Waals surface area contributed by atoms with Crippen molar-refractivity contribution in [3.8, 4) is 10.6 Å². The molecule has 0 saturated carbocycles. The topological polar surface area (TPSA) is 70.5 Å². The van der Waals surface area contributed by atoms with Crippen LogP contribution in [-0.2, 0) is 16.0 Å². The van der Waals surface area contributed by atoms with Gasteiger partial charge >= 0.3 is 5.97 Å². The number of likely N-dealkylation sites (N-methyl/N-ethyl adjacent to an activating group) is 1. The van der Waals surface area contributed by atoms with Gasteiger partial charge in [-0.25, -0.2) is 4.98 Å². The molecule has 0 atom stereocenters. The normalized spacial score (nSPS) is 10.4. The molecule has 1 N–H and O–H groups in total. The summed E-state index contributed by atoms with van der Waals surface area (Å²) < 4.78 is 0. The van der Waals surface area contributed by atoms with Gasteiger partial charge < -0.3 is 10.0 Å². The minimum atomic E-state index is -1.02. The number of thiophene rings is 1. The zero-order valence-electron chi connectivity index (χ0n) is 10.2. The van der Waals surface area contributed by atoms with Crippen LogP contribution >= 0.6 is 22.7 Å². The number of carboxylic acid groups (broad SMARTS) is 1. The molecule has 0 aliphatic heterocycles. The van der Waals surface area contributed by atoms with Gasteiger partial charge in [0.25, 0.3) is 0 Å². The first-order valence-corrected chi connectivity index (χ1v) is 7.31. The predicted molar refractivity (Wildman–Crippen MR) is 74.4 cm³/mol. The zero-order valence-corrected chi connectivity index (χ0v) is 11.8. The third-order valence-electron chi connectivity index (χ3n) is 2.45. The van der Waals surface area contributed by atoms with Gasteiger partial charge in [0.15, 0.2) is 0 Å². The van der Waals surface area contributed by atoms with Gasteiger partial charge in [-0.05, 0) is 11.4 Å². The fourth-order valence-electron chi connectivity index (χ4n) is 1.49. The second-order valence-electron chi connectivity index (χ2n) is 3.98. The highest BCUT2D eigenvalue weighted by Crippen LogP contribution is 2.25. The van der Waals surface area contributed by atoms with Crippen molar-refractivity contribution in [2.24, 2.45) is 0 Å². The Labute approximate surface area is 118 Å². The molecule has 100 valence electrons. The number of nitrogens with zero attached hydrogens (tertiary/aromatic N) is 2. The van der Waals surface area contributed by atoms with E-state index >= 15 is 0 Å². The molecule has 0 aliphatic rings. The van der Waals surface area contributed by atoms with Crippen LogP contribution in [-0.4, -0.2) is 40.5 Å². The smallest absolute Gasteiger partial charge is 0.323 e. The quantitative estimate of drug-likeness (QED) is 0.915. The summed E-state index contributed by atoms with van der Waals surface area (Å²) in [6.45, 7) is -0.291. The highest BCUT2D eigenvalue weighted by Gasteiger charge is 2.14. The maximum Gasteiger partial charge on any atom is 0.323 e. The summed E-state index contributed by atoms with van der Waals surface area (Å²) in [5.74, 6) is -1.27. The molecule has 0 unspecified atom stereocenters. The van der Waals surface area contributed by atoms with E-state index in [1.54, 1.807) is 11.3 Å². The molecule has 0 saturated heterocycles. The van der Waals surface area contributed by atoms with E-state index < -0.39 is 5.97 Å². The highest BCUT2D eigenvalue weighted by atomic mass is 32.1. The molecule has 19 heavy (non-hydrogen) atoms. The molecule has 1 amide bonds. The Kier molecular flexibility index (Phi) is 4.28. The SMILES string of the molecule is CN(CC(=O)O)C(=O)Cc1csc(-c2ccsc2)n1. The van der Waals surface area contributed by atoms with Gasteiger partial charge in [-0.3, -0.25) is 9.59 Å². The molecule has 0 aromatic carbocycles. The summed E-state index contributed by atoms with van der Waals surface area (Å²) >= 11 is 3.08. The van der Waals surface area contributed by atoms with Crippen molar-refractivity contribution in [1.29, 1.82) is 0 Å². The number of rotatable bonds is 5. The molecule has 2 aromatic rings. The Balaban J connectivity index is 2.00. The van der Waals surface area contributed by atoms with Crippen LogP contribution in [0, 0.1) is 0 Å². The zero-order chi connectivity index (χ0) is 13.8. The van der Waals surface area contributed by atoms with Crippen LogP contribution in [0.3, 0.4) is 0 Å². The van der Waals surface area contributed by atoms with Crippen LogP contribution in [0.4, 0.5) is 0 Å². The van der Waals surface area contributed by atoms with Crippen molar-refractivity contribution in [2.45, 2.75) is 6.42 Å². The number of aliphatic carboxylic acids is 1. The number of aromatic nitrogens is 1. The summed E-state index contributed by atoms with van der Waals surface area (Å²) in [5.41, 5.74) is 1.72. The number of hydrogen-bond donors (Lipinski definition) is 1. The first-order chi connectivity index (χ1) is 9.06. The Morgan fingerprint density at radius 3 is 2.84 bits per heavy atom. The number of carboxylic acids is 1. The first kappa shape index (κ1) is 13.7. The molecular weight excluding hydrogens is 284 g/mol. The Morgan fingerprint density at radius 2 is 2.21 bits per heavy atom. The fraction of sp³-hybridized carbons (Fsp3) is 0.250. The van der Waals surface area contributed by atoms with E-state index in [2.05, 4.69) is 4.98 Å². The minimum Gasteiger partial charge on any atom is -0.480 e. The van der Waals surface area contributed by atoms with Gasteiger partial charge in [0, 0.05) is 23.4 Å². The highest BCUT2D eigenvalue weighted by molar-refractivity contribution is 7.14. The molecule has 5 nitrogen and oxygen atoms in total. The van der Waals surface area contributed by atoms with Gasteiger partial charge in [-0.2, -0.15) is 11.3 Å². The van der Waals surface area contributed by atoms with Gasteiger partial charge in [-0.15, -0.1) is 11.3 Å². The molecular formula is C12H12N2O3S2. The number of thiazole rings is 1. The lowest BCUT2D eigenvalue weighted by Crippen LogP contribution is -2.33. The average molecular weight is 296 g/mol. The lowest BCUT2D eigenvalue weighted by Gasteiger charge is -2.13. The Hall–Kier alpha value is -1.73. The third kappa shape index (κ3) is 3.62. The van der Waals surface area contributed by atoms with Gasteiger partial charge in [0.2, 0.25) is 5.91 Å². The van der Waals surface area contributed by atoms with Gasteiger partial charge in [-0.1, -0.05) is 0 Å². The van der Waals surface area contributed by atoms with E-state index in [0.29, 0.717) is 5.69 Å². The van der Waals surface area contributed by atoms with Crippen LogP contribution < -0.4 is 0 Å². The van der Waals surface area contributed by atoms with E-state index in [9.17, 15) is 9.59 Å². The Morgan fingerprint density at radius 1 is 1.42 bits per heavy atom. The third-order valence-corrected chi connectivity index (χ3v) is 4.07. The summed E-state index contributed by atoms with van der Waals surface area (Å²) in [6, 6.07) is 1.98. The van der Waals surface area contributed by atoms with Crippen LogP contribution in [0.15, 0.2) is 22.2 Å². The number of carbonyl (C=O) groups is 2. The number of amides is 1. The minimum absolute atomic E-state index is 0.129. The molecule has 0 fully saturated rings. The number of carbonyl (C=O) groups excluding carboxylic acids is 1. The molecule has 0 spiro atoms. The van der Waals surface area contributed by atoms with Crippen molar-refractivity contribution in [3.63, 3.8) is 0 Å². The van der Waals surface area contributed by atoms with E-state index in [1.807, 2.05) is 22.2 Å². The molecule has 0 bridgehead atoms. The van der Waals surface area contributed by atoms with Crippen LogP contribution in [0.2, 0.25) is 0 Å². The summed E-state index contributed by atoms with van der Waals surface area (Å²) in [7, 11) is 1.47. The maximum absolute atomic E-state index is 11.8. The van der Waals surface area contributed by atoms with E-state index in [1.165, 1.54) is 23.3 Å². The maximum atomic E-state index is 11.8.